The molecule has 7 heteroatoms. The van der Waals surface area contributed by atoms with Gasteiger partial charge in [0, 0.05) is 18.2 Å². The highest BCUT2D eigenvalue weighted by atomic mass is 19.1. The van der Waals surface area contributed by atoms with E-state index in [0.717, 1.165) is 5.56 Å². The zero-order valence-electron chi connectivity index (χ0n) is 14.1. The number of rotatable bonds is 6. The van der Waals surface area contributed by atoms with Crippen molar-refractivity contribution in [2.75, 3.05) is 12.4 Å². The number of anilines is 2. The highest BCUT2D eigenvalue weighted by Gasteiger charge is 2.11. The quantitative estimate of drug-likeness (QED) is 0.712. The van der Waals surface area contributed by atoms with E-state index in [1.807, 2.05) is 24.3 Å². The number of benzene rings is 2. The van der Waals surface area contributed by atoms with E-state index in [9.17, 15) is 9.18 Å². The minimum absolute atomic E-state index is 0.175. The number of ether oxygens (including phenoxy) is 1. The van der Waals surface area contributed by atoms with Crippen LogP contribution in [0.2, 0.25) is 0 Å². The summed E-state index contributed by atoms with van der Waals surface area (Å²) in [7, 11) is 1.58. The first-order chi connectivity index (χ1) is 12.7. The monoisotopic (exact) mass is 352 g/mol. The molecule has 0 spiro atoms. The first-order valence-electron chi connectivity index (χ1n) is 7.91. The van der Waals surface area contributed by atoms with Crippen LogP contribution in [-0.4, -0.2) is 23.0 Å². The molecule has 2 N–H and O–H groups in total. The number of hydrogen-bond donors (Lipinski definition) is 2. The molecule has 0 aliphatic heterocycles. The fraction of sp³-hybridized carbons (Fsp3) is 0.105. The summed E-state index contributed by atoms with van der Waals surface area (Å²) in [5.74, 6) is 0.244. The van der Waals surface area contributed by atoms with Crippen LogP contribution in [0.1, 0.15) is 16.1 Å². The van der Waals surface area contributed by atoms with Gasteiger partial charge in [0.1, 0.15) is 29.4 Å². The number of nitrogens with one attached hydrogen (secondary N) is 2. The predicted molar refractivity (Wildman–Crippen MR) is 95.9 cm³/mol. The van der Waals surface area contributed by atoms with Crippen molar-refractivity contribution in [3.8, 4) is 5.75 Å². The molecule has 0 radical (unpaired) electrons. The number of nitrogens with zero attached hydrogens (tertiary/aromatic N) is 2. The molecule has 0 saturated carbocycles. The van der Waals surface area contributed by atoms with Gasteiger partial charge in [0.2, 0.25) is 0 Å². The minimum Gasteiger partial charge on any atom is -0.496 e. The number of carbonyl (C=O) groups is 1. The van der Waals surface area contributed by atoms with Crippen molar-refractivity contribution in [2.24, 2.45) is 0 Å². The second-order valence-electron chi connectivity index (χ2n) is 5.39. The molecule has 0 aliphatic rings. The van der Waals surface area contributed by atoms with Crippen LogP contribution in [0.15, 0.2) is 60.9 Å². The Bertz CT molecular complexity index is 917. The van der Waals surface area contributed by atoms with Crippen LogP contribution in [0.4, 0.5) is 15.9 Å². The number of carbonyl (C=O) groups excluding carboxylic acids is 1. The summed E-state index contributed by atoms with van der Waals surface area (Å²) in [6.45, 7) is 0.295. The minimum atomic E-state index is -0.409. The average Bonchev–Trinajstić information content (AvgIpc) is 2.68. The number of amides is 1. The van der Waals surface area contributed by atoms with Crippen molar-refractivity contribution in [3.05, 3.63) is 78.0 Å². The van der Waals surface area contributed by atoms with E-state index < -0.39 is 5.82 Å². The van der Waals surface area contributed by atoms with E-state index >= 15 is 0 Å². The summed E-state index contributed by atoms with van der Waals surface area (Å²) in [6.07, 6.45) is 1.25. The third kappa shape index (κ3) is 4.13. The van der Waals surface area contributed by atoms with E-state index in [4.69, 9.17) is 4.74 Å². The van der Waals surface area contributed by atoms with Gasteiger partial charge in [0.25, 0.3) is 5.91 Å². The summed E-state index contributed by atoms with van der Waals surface area (Å²) in [4.78, 5) is 20.3. The largest absolute Gasteiger partial charge is 0.496 e. The van der Waals surface area contributed by atoms with Crippen molar-refractivity contribution < 1.29 is 13.9 Å². The van der Waals surface area contributed by atoms with Crippen LogP contribution in [0.25, 0.3) is 0 Å². The maximum Gasteiger partial charge on any atom is 0.270 e. The SMILES string of the molecule is COc1ccccc1CNC(=O)c1cc(Nc2ccccc2F)ncn1. The third-order valence-corrected chi connectivity index (χ3v) is 3.67. The molecular weight excluding hydrogens is 335 g/mol. The van der Waals surface area contributed by atoms with Crippen molar-refractivity contribution in [1.82, 2.24) is 15.3 Å². The van der Waals surface area contributed by atoms with Crippen molar-refractivity contribution in [3.63, 3.8) is 0 Å². The summed E-state index contributed by atoms with van der Waals surface area (Å²) in [6, 6.07) is 15.1. The van der Waals surface area contributed by atoms with Gasteiger partial charge in [0.05, 0.1) is 12.8 Å². The van der Waals surface area contributed by atoms with Gasteiger partial charge < -0.3 is 15.4 Å². The number of methoxy groups -OCH3 is 1. The Morgan fingerprint density at radius 1 is 1.12 bits per heavy atom. The molecule has 0 saturated heterocycles. The van der Waals surface area contributed by atoms with E-state index in [2.05, 4.69) is 20.6 Å². The van der Waals surface area contributed by atoms with Crippen LogP contribution in [-0.2, 0) is 6.54 Å². The van der Waals surface area contributed by atoms with Crippen molar-refractivity contribution in [2.45, 2.75) is 6.54 Å². The predicted octanol–water partition coefficient (Wildman–Crippen LogP) is 3.30. The van der Waals surface area contributed by atoms with E-state index in [-0.39, 0.29) is 17.3 Å². The topological polar surface area (TPSA) is 76.1 Å². The maximum atomic E-state index is 13.7. The van der Waals surface area contributed by atoms with Gasteiger partial charge in [-0.1, -0.05) is 30.3 Å². The maximum absolute atomic E-state index is 13.7. The fourth-order valence-electron chi connectivity index (χ4n) is 2.37. The molecule has 0 unspecified atom stereocenters. The second-order valence-corrected chi connectivity index (χ2v) is 5.39. The van der Waals surface area contributed by atoms with Gasteiger partial charge in [-0.25, -0.2) is 14.4 Å². The Hall–Kier alpha value is -3.48. The molecule has 0 bridgehead atoms. The molecule has 2 aromatic carbocycles. The zero-order chi connectivity index (χ0) is 18.4. The lowest BCUT2D eigenvalue weighted by Gasteiger charge is -2.10. The lowest BCUT2D eigenvalue weighted by atomic mass is 10.2. The molecule has 0 atom stereocenters. The van der Waals surface area contributed by atoms with Gasteiger partial charge in [0.15, 0.2) is 0 Å². The van der Waals surface area contributed by atoms with Gasteiger partial charge >= 0.3 is 0 Å². The Morgan fingerprint density at radius 3 is 2.69 bits per heavy atom. The molecule has 0 aliphatic carbocycles. The van der Waals surface area contributed by atoms with Gasteiger partial charge in [-0.05, 0) is 18.2 Å². The molecule has 132 valence electrons. The molecule has 1 amide bonds. The lowest BCUT2D eigenvalue weighted by Crippen LogP contribution is -2.24. The molecule has 1 heterocycles. The first-order valence-corrected chi connectivity index (χ1v) is 7.91. The molecule has 3 rings (SSSR count). The molecule has 1 aromatic heterocycles. The van der Waals surface area contributed by atoms with Gasteiger partial charge in [-0.3, -0.25) is 4.79 Å². The van der Waals surface area contributed by atoms with Crippen molar-refractivity contribution >= 4 is 17.4 Å². The highest BCUT2D eigenvalue weighted by Crippen LogP contribution is 2.19. The van der Waals surface area contributed by atoms with Crippen molar-refractivity contribution in [1.29, 1.82) is 0 Å². The van der Waals surface area contributed by atoms with Crippen LogP contribution < -0.4 is 15.4 Å². The Labute approximate surface area is 150 Å². The third-order valence-electron chi connectivity index (χ3n) is 3.67. The first kappa shape index (κ1) is 17.3. The van der Waals surface area contributed by atoms with E-state index in [1.165, 1.54) is 18.5 Å². The Balaban J connectivity index is 1.69. The summed E-state index contributed by atoms with van der Waals surface area (Å²) < 4.78 is 19.0. The molecular formula is C19H17FN4O2. The second kappa shape index (κ2) is 8.06. The molecule has 6 nitrogen and oxygen atoms in total. The molecule has 0 fully saturated rings. The number of hydrogen-bond acceptors (Lipinski definition) is 5. The lowest BCUT2D eigenvalue weighted by molar-refractivity contribution is 0.0945. The number of para-hydroxylation sites is 2. The van der Waals surface area contributed by atoms with E-state index in [1.54, 1.807) is 25.3 Å². The number of halogens is 1. The number of aromatic nitrogens is 2. The molecule has 3 aromatic rings. The highest BCUT2D eigenvalue weighted by molar-refractivity contribution is 5.93. The Kier molecular flexibility index (Phi) is 5.38. The summed E-state index contributed by atoms with van der Waals surface area (Å²) in [5.41, 5.74) is 1.29. The van der Waals surface area contributed by atoms with Crippen LogP contribution in [0.5, 0.6) is 5.75 Å². The van der Waals surface area contributed by atoms with Gasteiger partial charge in [-0.2, -0.15) is 0 Å². The summed E-state index contributed by atoms with van der Waals surface area (Å²) >= 11 is 0. The van der Waals surface area contributed by atoms with Gasteiger partial charge in [-0.15, -0.1) is 0 Å². The average molecular weight is 352 g/mol. The molecule has 26 heavy (non-hydrogen) atoms. The Morgan fingerprint density at radius 2 is 1.88 bits per heavy atom. The van der Waals surface area contributed by atoms with E-state index in [0.29, 0.717) is 18.1 Å². The zero-order valence-corrected chi connectivity index (χ0v) is 14.1. The normalized spacial score (nSPS) is 10.2. The van der Waals surface area contributed by atoms with Crippen LogP contribution in [0, 0.1) is 5.82 Å². The van der Waals surface area contributed by atoms with Crippen LogP contribution in [0.3, 0.4) is 0 Å². The van der Waals surface area contributed by atoms with Crippen LogP contribution >= 0.6 is 0 Å². The standard InChI is InChI=1S/C19H17FN4O2/c1-26-17-9-5-2-6-13(17)11-21-19(25)16-10-18(23-12-22-16)24-15-8-4-3-7-14(15)20/h2-10,12H,11H2,1H3,(H,21,25)(H,22,23,24). The summed E-state index contributed by atoms with van der Waals surface area (Å²) in [5, 5.41) is 5.61. The fourth-order valence-corrected chi connectivity index (χ4v) is 2.37. The smallest absolute Gasteiger partial charge is 0.270 e.